The van der Waals surface area contributed by atoms with Crippen molar-refractivity contribution in [3.8, 4) is 0 Å². The van der Waals surface area contributed by atoms with Gasteiger partial charge in [0.1, 0.15) is 6.04 Å². The molecule has 1 aromatic heterocycles. The van der Waals surface area contributed by atoms with Crippen molar-refractivity contribution in [1.29, 1.82) is 0 Å². The van der Waals surface area contributed by atoms with E-state index in [1.54, 1.807) is 25.5 Å². The first-order valence-corrected chi connectivity index (χ1v) is 3.60. The Morgan fingerprint density at radius 3 is 3.00 bits per heavy atom. The summed E-state index contributed by atoms with van der Waals surface area (Å²) in [6, 6.07) is 1.14. The number of carbonyl (C=O) groups is 1. The van der Waals surface area contributed by atoms with Gasteiger partial charge in [0.25, 0.3) is 5.91 Å². The highest BCUT2D eigenvalue weighted by molar-refractivity contribution is 5.82. The fraction of sp³-hybridized carbons (Fsp3) is 0.286. The molecule has 0 radical (unpaired) electrons. The van der Waals surface area contributed by atoms with E-state index in [0.717, 1.165) is 5.56 Å². The highest BCUT2D eigenvalue weighted by atomic mass is 16.2. The predicted octanol–water partition coefficient (Wildman–Crippen LogP) is -0.735. The van der Waals surface area contributed by atoms with E-state index in [9.17, 15) is 4.79 Å². The zero-order valence-electron chi connectivity index (χ0n) is 6.79. The highest BCUT2D eigenvalue weighted by Gasteiger charge is 2.14. The fourth-order valence-electron chi connectivity index (χ4n) is 0.883. The van der Waals surface area contributed by atoms with Gasteiger partial charge < -0.3 is 10.7 Å². The minimum atomic E-state index is -0.622. The maximum atomic E-state index is 11.1. The molecule has 0 aliphatic heterocycles. The van der Waals surface area contributed by atoms with E-state index >= 15 is 0 Å². The van der Waals surface area contributed by atoms with Crippen LogP contribution in [0.25, 0.3) is 0 Å². The third kappa shape index (κ3) is 1.84. The number of aromatic nitrogens is 1. The summed E-state index contributed by atoms with van der Waals surface area (Å²) in [4.78, 5) is 14.0. The first kappa shape index (κ1) is 8.76. The average Bonchev–Trinajstić information content (AvgIpc) is 2.55. The van der Waals surface area contributed by atoms with Crippen LogP contribution in [0, 0.1) is 0 Å². The third-order valence-corrected chi connectivity index (χ3v) is 1.51. The van der Waals surface area contributed by atoms with Gasteiger partial charge in [-0.15, -0.1) is 0 Å². The fourth-order valence-corrected chi connectivity index (χ4v) is 0.883. The largest absolute Gasteiger partial charge is 0.367 e. The molecule has 0 aliphatic rings. The van der Waals surface area contributed by atoms with Gasteiger partial charge in [0.15, 0.2) is 0 Å². The topological polar surface area (TPSA) is 82.9 Å². The number of carbonyl (C=O) groups excluding carboxylic acids is 1. The van der Waals surface area contributed by atoms with Gasteiger partial charge in [-0.05, 0) is 11.6 Å². The lowest BCUT2D eigenvalue weighted by molar-refractivity contribution is -0.123. The van der Waals surface area contributed by atoms with Crippen LogP contribution in [0.5, 0.6) is 0 Å². The van der Waals surface area contributed by atoms with Crippen LogP contribution in [0.3, 0.4) is 0 Å². The lowest BCUT2D eigenvalue weighted by atomic mass is 10.1. The molecule has 5 N–H and O–H groups in total. The molecule has 1 atom stereocenters. The van der Waals surface area contributed by atoms with Gasteiger partial charge in [0.2, 0.25) is 0 Å². The lowest BCUT2D eigenvalue weighted by Gasteiger charge is -2.08. The van der Waals surface area contributed by atoms with Crippen molar-refractivity contribution in [1.82, 2.24) is 15.8 Å². The third-order valence-electron chi connectivity index (χ3n) is 1.51. The molecule has 1 unspecified atom stereocenters. The summed E-state index contributed by atoms with van der Waals surface area (Å²) in [5, 5.41) is 0. The minimum Gasteiger partial charge on any atom is -0.367 e. The van der Waals surface area contributed by atoms with Gasteiger partial charge in [-0.1, -0.05) is 0 Å². The molecule has 12 heavy (non-hydrogen) atoms. The molecule has 0 aromatic carbocycles. The first-order valence-electron chi connectivity index (χ1n) is 3.60. The van der Waals surface area contributed by atoms with Gasteiger partial charge in [0.05, 0.1) is 0 Å². The first-order chi connectivity index (χ1) is 5.75. The SMILES string of the molecule is CNNC(=O)C(N)c1cc[nH]c1. The van der Waals surface area contributed by atoms with Crippen molar-refractivity contribution in [2.75, 3.05) is 7.05 Å². The second kappa shape index (κ2) is 3.89. The van der Waals surface area contributed by atoms with Crippen molar-refractivity contribution in [2.24, 2.45) is 5.73 Å². The summed E-state index contributed by atoms with van der Waals surface area (Å²) in [5.41, 5.74) is 11.3. The molecule has 66 valence electrons. The van der Waals surface area contributed by atoms with Crippen LogP contribution in [0.4, 0.5) is 0 Å². The van der Waals surface area contributed by atoms with E-state index in [0.29, 0.717) is 0 Å². The molecule has 1 amide bonds. The zero-order chi connectivity index (χ0) is 8.97. The van der Waals surface area contributed by atoms with Crippen LogP contribution in [0.2, 0.25) is 0 Å². The van der Waals surface area contributed by atoms with Gasteiger partial charge in [0, 0.05) is 19.4 Å². The van der Waals surface area contributed by atoms with Gasteiger partial charge >= 0.3 is 0 Å². The Balaban J connectivity index is 2.59. The average molecular weight is 168 g/mol. The van der Waals surface area contributed by atoms with Crippen molar-refractivity contribution >= 4 is 5.91 Å². The molecular formula is C7H12N4O. The van der Waals surface area contributed by atoms with Crippen LogP contribution >= 0.6 is 0 Å². The monoisotopic (exact) mass is 168 g/mol. The molecule has 0 spiro atoms. The van der Waals surface area contributed by atoms with E-state index in [2.05, 4.69) is 15.8 Å². The molecular weight excluding hydrogens is 156 g/mol. The van der Waals surface area contributed by atoms with Crippen molar-refractivity contribution < 1.29 is 4.79 Å². The van der Waals surface area contributed by atoms with Crippen LogP contribution in [0.1, 0.15) is 11.6 Å². The summed E-state index contributed by atoms with van der Waals surface area (Å²) in [6.07, 6.45) is 3.42. The number of hydrogen-bond donors (Lipinski definition) is 4. The Kier molecular flexibility index (Phi) is 2.84. The van der Waals surface area contributed by atoms with Crippen LogP contribution < -0.4 is 16.6 Å². The zero-order valence-corrected chi connectivity index (χ0v) is 6.79. The Hall–Kier alpha value is -1.33. The smallest absolute Gasteiger partial charge is 0.255 e. The Morgan fingerprint density at radius 1 is 1.75 bits per heavy atom. The standard InChI is InChI=1S/C7H12N4O/c1-9-11-7(12)6(8)5-2-3-10-4-5/h2-4,6,9-10H,8H2,1H3,(H,11,12). The van der Waals surface area contributed by atoms with E-state index in [1.165, 1.54) is 0 Å². The summed E-state index contributed by atoms with van der Waals surface area (Å²) < 4.78 is 0. The molecule has 0 saturated heterocycles. The number of rotatable bonds is 3. The number of nitrogens with two attached hydrogens (primary N) is 1. The van der Waals surface area contributed by atoms with Gasteiger partial charge in [-0.3, -0.25) is 10.2 Å². The Bertz CT molecular complexity index is 244. The number of hydrazine groups is 1. The summed E-state index contributed by atoms with van der Waals surface area (Å²) in [7, 11) is 1.61. The van der Waals surface area contributed by atoms with Crippen molar-refractivity contribution in [2.45, 2.75) is 6.04 Å². The van der Waals surface area contributed by atoms with Crippen LogP contribution in [-0.4, -0.2) is 17.9 Å². The number of aromatic amines is 1. The number of hydrogen-bond acceptors (Lipinski definition) is 3. The van der Waals surface area contributed by atoms with Crippen LogP contribution in [-0.2, 0) is 4.79 Å². The minimum absolute atomic E-state index is 0.253. The molecule has 0 fully saturated rings. The van der Waals surface area contributed by atoms with Crippen LogP contribution in [0.15, 0.2) is 18.5 Å². The molecule has 1 aromatic rings. The molecule has 5 heteroatoms. The van der Waals surface area contributed by atoms with E-state index in [-0.39, 0.29) is 5.91 Å². The summed E-state index contributed by atoms with van der Waals surface area (Å²) in [6.45, 7) is 0. The molecule has 0 bridgehead atoms. The lowest BCUT2D eigenvalue weighted by Crippen LogP contribution is -2.40. The van der Waals surface area contributed by atoms with Gasteiger partial charge in [-0.2, -0.15) is 0 Å². The molecule has 1 heterocycles. The van der Waals surface area contributed by atoms with E-state index in [4.69, 9.17) is 5.73 Å². The van der Waals surface area contributed by atoms with E-state index < -0.39 is 6.04 Å². The molecule has 5 nitrogen and oxygen atoms in total. The van der Waals surface area contributed by atoms with E-state index in [1.807, 2.05) is 0 Å². The Morgan fingerprint density at radius 2 is 2.50 bits per heavy atom. The number of H-pyrrole nitrogens is 1. The molecule has 1 rings (SSSR count). The normalized spacial score (nSPS) is 12.5. The van der Waals surface area contributed by atoms with Gasteiger partial charge in [-0.25, -0.2) is 5.43 Å². The second-order valence-electron chi connectivity index (χ2n) is 2.36. The quantitative estimate of drug-likeness (QED) is 0.449. The molecule has 0 aliphatic carbocycles. The highest BCUT2D eigenvalue weighted by Crippen LogP contribution is 2.07. The maximum absolute atomic E-state index is 11.1. The number of amides is 1. The predicted molar refractivity (Wildman–Crippen MR) is 44.9 cm³/mol. The Labute approximate surface area is 70.3 Å². The maximum Gasteiger partial charge on any atom is 0.255 e. The number of nitrogens with one attached hydrogen (secondary N) is 3. The van der Waals surface area contributed by atoms with Crippen molar-refractivity contribution in [3.63, 3.8) is 0 Å². The van der Waals surface area contributed by atoms with Crippen molar-refractivity contribution in [3.05, 3.63) is 24.0 Å². The summed E-state index contributed by atoms with van der Waals surface area (Å²) in [5.74, 6) is -0.253. The second-order valence-corrected chi connectivity index (χ2v) is 2.36. The molecule has 0 saturated carbocycles. The summed E-state index contributed by atoms with van der Waals surface area (Å²) >= 11 is 0.